The zero-order valence-electron chi connectivity index (χ0n) is 11.3. The number of aromatic nitrogens is 2. The molecule has 1 aromatic heterocycles. The smallest absolute Gasteiger partial charge is 0.0719 e. The fourth-order valence-electron chi connectivity index (χ4n) is 2.76. The second-order valence-electron chi connectivity index (χ2n) is 5.26. The Morgan fingerprint density at radius 1 is 1.32 bits per heavy atom. The average molecular weight is 256 g/mol. The van der Waals surface area contributed by atoms with Crippen LogP contribution >= 0.6 is 0 Å². The maximum Gasteiger partial charge on any atom is 0.0719 e. The molecule has 0 amide bonds. The molecule has 19 heavy (non-hydrogen) atoms. The van der Waals surface area contributed by atoms with E-state index in [-0.39, 0.29) is 0 Å². The molecule has 0 bridgehead atoms. The van der Waals surface area contributed by atoms with Gasteiger partial charge in [0, 0.05) is 25.0 Å². The number of rotatable bonds is 3. The van der Waals surface area contributed by atoms with Crippen LogP contribution in [0.3, 0.4) is 0 Å². The predicted octanol–water partition coefficient (Wildman–Crippen LogP) is 2.23. The minimum atomic E-state index is 0.731. The van der Waals surface area contributed by atoms with E-state index < -0.39 is 0 Å². The first-order chi connectivity index (χ1) is 9.22. The Morgan fingerprint density at radius 2 is 2.21 bits per heavy atom. The number of anilines is 2. The van der Waals surface area contributed by atoms with Crippen molar-refractivity contribution in [3.05, 3.63) is 41.7 Å². The van der Waals surface area contributed by atoms with E-state index in [9.17, 15) is 0 Å². The molecular weight excluding hydrogens is 236 g/mol. The first-order valence-corrected chi connectivity index (χ1v) is 6.85. The molecule has 3 rings (SSSR count). The third-order valence-electron chi connectivity index (χ3n) is 3.70. The van der Waals surface area contributed by atoms with Crippen molar-refractivity contribution in [3.8, 4) is 0 Å². The Morgan fingerprint density at radius 3 is 3.00 bits per heavy atom. The molecular formula is C15H20N4. The maximum atomic E-state index is 5.68. The standard InChI is InChI=1S/C15H20N4/c1-12-4-5-15-13(9-12)3-2-6-18(15)7-8-19-11-14(16)10-17-19/h4-5,9-11H,2-3,6-8,16H2,1H3. The van der Waals surface area contributed by atoms with E-state index in [0.29, 0.717) is 0 Å². The van der Waals surface area contributed by atoms with E-state index in [1.54, 1.807) is 6.20 Å². The minimum Gasteiger partial charge on any atom is -0.396 e. The van der Waals surface area contributed by atoms with Crippen LogP contribution < -0.4 is 10.6 Å². The van der Waals surface area contributed by atoms with Gasteiger partial charge in [0.15, 0.2) is 0 Å². The van der Waals surface area contributed by atoms with E-state index in [2.05, 4.69) is 35.1 Å². The maximum absolute atomic E-state index is 5.68. The highest BCUT2D eigenvalue weighted by atomic mass is 15.3. The normalized spacial score (nSPS) is 14.5. The molecule has 0 fully saturated rings. The summed E-state index contributed by atoms with van der Waals surface area (Å²) in [5.74, 6) is 0. The molecule has 2 heterocycles. The number of fused-ring (bicyclic) bond motifs is 1. The topological polar surface area (TPSA) is 47.1 Å². The first-order valence-electron chi connectivity index (χ1n) is 6.85. The van der Waals surface area contributed by atoms with Crippen LogP contribution in [-0.2, 0) is 13.0 Å². The highest BCUT2D eigenvalue weighted by Crippen LogP contribution is 2.27. The SMILES string of the molecule is Cc1ccc2c(c1)CCCN2CCn1cc(N)cn1. The summed E-state index contributed by atoms with van der Waals surface area (Å²) in [6.07, 6.45) is 6.02. The van der Waals surface area contributed by atoms with Crippen molar-refractivity contribution in [2.24, 2.45) is 0 Å². The Kier molecular flexibility index (Phi) is 3.15. The summed E-state index contributed by atoms with van der Waals surface area (Å²) in [7, 11) is 0. The molecule has 4 nitrogen and oxygen atoms in total. The van der Waals surface area contributed by atoms with E-state index in [0.717, 1.165) is 25.3 Å². The van der Waals surface area contributed by atoms with Gasteiger partial charge in [-0.2, -0.15) is 5.10 Å². The number of hydrogen-bond donors (Lipinski definition) is 1. The molecule has 0 saturated heterocycles. The summed E-state index contributed by atoms with van der Waals surface area (Å²) < 4.78 is 1.91. The molecule has 0 aliphatic carbocycles. The number of nitrogens with two attached hydrogens (primary N) is 1. The predicted molar refractivity (Wildman–Crippen MR) is 78.4 cm³/mol. The number of benzene rings is 1. The van der Waals surface area contributed by atoms with Gasteiger partial charge >= 0.3 is 0 Å². The van der Waals surface area contributed by atoms with E-state index >= 15 is 0 Å². The lowest BCUT2D eigenvalue weighted by atomic mass is 10.00. The lowest BCUT2D eigenvalue weighted by Gasteiger charge is -2.31. The van der Waals surface area contributed by atoms with Crippen LogP contribution in [0.15, 0.2) is 30.6 Å². The van der Waals surface area contributed by atoms with Crippen LogP contribution in [0.1, 0.15) is 17.5 Å². The van der Waals surface area contributed by atoms with Gasteiger partial charge in [-0.15, -0.1) is 0 Å². The molecule has 0 radical (unpaired) electrons. The van der Waals surface area contributed by atoms with Crippen LogP contribution in [0.5, 0.6) is 0 Å². The molecule has 1 aliphatic rings. The van der Waals surface area contributed by atoms with E-state index in [4.69, 9.17) is 5.73 Å². The Hall–Kier alpha value is -1.97. The van der Waals surface area contributed by atoms with Gasteiger partial charge < -0.3 is 10.6 Å². The van der Waals surface area contributed by atoms with Gasteiger partial charge in [0.05, 0.1) is 18.4 Å². The zero-order valence-corrected chi connectivity index (χ0v) is 11.3. The summed E-state index contributed by atoms with van der Waals surface area (Å²) in [6, 6.07) is 6.76. The van der Waals surface area contributed by atoms with Crippen LogP contribution in [0, 0.1) is 6.92 Å². The lowest BCUT2D eigenvalue weighted by molar-refractivity contribution is 0.579. The number of aryl methyl sites for hydroxylation is 2. The molecule has 1 aromatic carbocycles. The largest absolute Gasteiger partial charge is 0.396 e. The van der Waals surface area contributed by atoms with Gasteiger partial charge in [-0.1, -0.05) is 17.7 Å². The molecule has 0 unspecified atom stereocenters. The van der Waals surface area contributed by atoms with Gasteiger partial charge in [0.1, 0.15) is 0 Å². The molecule has 1 aliphatic heterocycles. The molecule has 2 aromatic rings. The van der Waals surface area contributed by atoms with Gasteiger partial charge in [0.2, 0.25) is 0 Å². The van der Waals surface area contributed by atoms with E-state index in [1.165, 1.54) is 29.7 Å². The third kappa shape index (κ3) is 2.57. The van der Waals surface area contributed by atoms with Crippen molar-refractivity contribution in [2.45, 2.75) is 26.3 Å². The van der Waals surface area contributed by atoms with Crippen molar-refractivity contribution in [1.29, 1.82) is 0 Å². The minimum absolute atomic E-state index is 0.731. The second-order valence-corrected chi connectivity index (χ2v) is 5.26. The Bertz CT molecular complexity index is 573. The highest BCUT2D eigenvalue weighted by Gasteiger charge is 2.16. The third-order valence-corrected chi connectivity index (χ3v) is 3.70. The van der Waals surface area contributed by atoms with Crippen molar-refractivity contribution < 1.29 is 0 Å². The molecule has 2 N–H and O–H groups in total. The average Bonchev–Trinajstić information content (AvgIpc) is 2.81. The Balaban J connectivity index is 1.73. The van der Waals surface area contributed by atoms with Gasteiger partial charge in [-0.05, 0) is 31.4 Å². The second kappa shape index (κ2) is 4.96. The molecule has 0 saturated carbocycles. The fourth-order valence-corrected chi connectivity index (χ4v) is 2.76. The summed E-state index contributed by atoms with van der Waals surface area (Å²) in [5.41, 5.74) is 10.6. The number of nitrogens with zero attached hydrogens (tertiary/aromatic N) is 3. The number of hydrogen-bond acceptors (Lipinski definition) is 3. The molecule has 0 atom stereocenters. The highest BCUT2D eigenvalue weighted by molar-refractivity contribution is 5.56. The lowest BCUT2D eigenvalue weighted by Crippen LogP contribution is -2.32. The van der Waals surface area contributed by atoms with Crippen LogP contribution in [-0.4, -0.2) is 22.9 Å². The molecule has 100 valence electrons. The van der Waals surface area contributed by atoms with Crippen molar-refractivity contribution >= 4 is 11.4 Å². The van der Waals surface area contributed by atoms with Gasteiger partial charge in [0.25, 0.3) is 0 Å². The number of nitrogen functional groups attached to an aromatic ring is 1. The van der Waals surface area contributed by atoms with Crippen molar-refractivity contribution in [2.75, 3.05) is 23.7 Å². The zero-order chi connectivity index (χ0) is 13.2. The van der Waals surface area contributed by atoms with E-state index in [1.807, 2.05) is 10.9 Å². The first kappa shape index (κ1) is 12.1. The summed E-state index contributed by atoms with van der Waals surface area (Å²) in [6.45, 7) is 5.15. The fraction of sp³-hybridized carbons (Fsp3) is 0.400. The molecule has 4 heteroatoms. The Labute approximate surface area is 113 Å². The molecule has 0 spiro atoms. The monoisotopic (exact) mass is 256 g/mol. The summed E-state index contributed by atoms with van der Waals surface area (Å²) in [5, 5.41) is 4.24. The summed E-state index contributed by atoms with van der Waals surface area (Å²) in [4.78, 5) is 2.45. The van der Waals surface area contributed by atoms with Crippen LogP contribution in [0.4, 0.5) is 11.4 Å². The van der Waals surface area contributed by atoms with Crippen molar-refractivity contribution in [3.63, 3.8) is 0 Å². The van der Waals surface area contributed by atoms with Crippen molar-refractivity contribution in [1.82, 2.24) is 9.78 Å². The quantitative estimate of drug-likeness (QED) is 0.916. The summed E-state index contributed by atoms with van der Waals surface area (Å²) >= 11 is 0. The van der Waals surface area contributed by atoms with Gasteiger partial charge in [-0.3, -0.25) is 4.68 Å². The van der Waals surface area contributed by atoms with Crippen LogP contribution in [0.2, 0.25) is 0 Å². The van der Waals surface area contributed by atoms with Gasteiger partial charge in [-0.25, -0.2) is 0 Å². The van der Waals surface area contributed by atoms with Crippen LogP contribution in [0.25, 0.3) is 0 Å².